The molecule has 4 heteroatoms. The predicted octanol–water partition coefficient (Wildman–Crippen LogP) is -2.59. The molecule has 0 amide bonds. The number of hydrogen-bond acceptors (Lipinski definition) is 1. The van der Waals surface area contributed by atoms with Crippen molar-refractivity contribution < 1.29 is 38.7 Å². The largest absolute Gasteiger partial charge is 2.00 e. The predicted molar refractivity (Wildman–Crippen MR) is 66.0 cm³/mol. The second kappa shape index (κ2) is 16.9. The van der Waals surface area contributed by atoms with Crippen molar-refractivity contribution in [2.24, 2.45) is 0 Å². The van der Waals surface area contributed by atoms with E-state index < -0.39 is 0 Å². The van der Waals surface area contributed by atoms with Crippen molar-refractivity contribution in [2.75, 3.05) is 6.61 Å². The maximum Gasteiger partial charge on any atom is 2.00 e. The van der Waals surface area contributed by atoms with Crippen molar-refractivity contribution in [1.82, 2.24) is 0 Å². The van der Waals surface area contributed by atoms with Gasteiger partial charge in [0.15, 0.2) is 0 Å². The monoisotopic (exact) mass is 374 g/mol. The molecule has 0 bridgehead atoms. The van der Waals surface area contributed by atoms with Crippen molar-refractivity contribution >= 4 is 23.1 Å². The van der Waals surface area contributed by atoms with E-state index >= 15 is 0 Å². The van der Waals surface area contributed by atoms with Gasteiger partial charge in [0, 0.05) is 6.61 Å². The number of hydrogen-bond donors (Lipinski definition) is 0. The van der Waals surface area contributed by atoms with E-state index in [0.717, 1.165) is 13.2 Å². The first kappa shape index (κ1) is 23.0. The number of rotatable bonds is 7. The summed E-state index contributed by atoms with van der Waals surface area (Å²) in [5, 5.41) is 0. The van der Waals surface area contributed by atoms with Crippen LogP contribution in [0.4, 0.5) is 0 Å². The van der Waals surface area contributed by atoms with Crippen LogP contribution in [0, 0.1) is 0 Å². The second-order valence-corrected chi connectivity index (χ2v) is 3.60. The molecule has 0 N–H and O–H groups in total. The molecular weight excluding hydrogens is 356 g/mol. The molecule has 0 aliphatic heterocycles. The summed E-state index contributed by atoms with van der Waals surface area (Å²) in [4.78, 5) is 0. The van der Waals surface area contributed by atoms with E-state index in [-0.39, 0.29) is 57.0 Å². The first-order valence-electron chi connectivity index (χ1n) is 5.55. The molecule has 1 rings (SSSR count). The average Bonchev–Trinajstić information content (AvgIpc) is 2.25. The summed E-state index contributed by atoms with van der Waals surface area (Å²) in [7, 11) is 0. The summed E-state index contributed by atoms with van der Waals surface area (Å²) < 4.78 is 5.57. The minimum Gasteiger partial charge on any atom is -1.00 e. The Labute approximate surface area is 142 Å². The summed E-state index contributed by atoms with van der Waals surface area (Å²) in [6, 6.07) is 10.3. The Balaban J connectivity index is -0.000000653. The third-order valence-electron chi connectivity index (χ3n) is 2.25. The van der Waals surface area contributed by atoms with Crippen LogP contribution in [0.5, 0.6) is 0 Å². The molecule has 0 aromatic heterocycles. The number of benzene rings is 1. The van der Waals surface area contributed by atoms with Gasteiger partial charge >= 0.3 is 23.1 Å². The average molecular weight is 376 g/mol. The zero-order valence-electron chi connectivity index (χ0n) is 10.5. The van der Waals surface area contributed by atoms with Crippen molar-refractivity contribution in [3.63, 3.8) is 0 Å². The van der Waals surface area contributed by atoms with Gasteiger partial charge in [0.05, 0.1) is 6.61 Å². The molecule has 1 aromatic rings. The van der Waals surface area contributed by atoms with Crippen LogP contribution in [-0.2, 0) is 11.3 Å². The van der Waals surface area contributed by atoms with Gasteiger partial charge in [-0.1, -0.05) is 56.5 Å². The molecule has 0 aliphatic rings. The van der Waals surface area contributed by atoms with Gasteiger partial charge in [-0.15, -0.1) is 0 Å². The fourth-order valence-electron chi connectivity index (χ4n) is 1.40. The second-order valence-electron chi connectivity index (χ2n) is 3.60. The van der Waals surface area contributed by atoms with Crippen LogP contribution < -0.4 is 34.0 Å². The number of unbranched alkanes of at least 4 members (excludes halogenated alkanes) is 3. The van der Waals surface area contributed by atoms with Crippen molar-refractivity contribution in [3.05, 3.63) is 35.9 Å². The Bertz CT molecular complexity index is 232. The standard InChI is InChI=1S/C13H20O.2BrH.Mg/c1-2-3-4-8-11-14-12-13-9-6-5-7-10-13;;;/h5-7,9-10H,2-4,8,11-12H2,1H3;2*1H;/q;;;+2/p-2. The van der Waals surface area contributed by atoms with Gasteiger partial charge in [-0.05, 0) is 12.0 Å². The van der Waals surface area contributed by atoms with Gasteiger partial charge in [-0.25, -0.2) is 0 Å². The van der Waals surface area contributed by atoms with Gasteiger partial charge < -0.3 is 38.7 Å². The van der Waals surface area contributed by atoms with Crippen LogP contribution in [0.15, 0.2) is 30.3 Å². The molecule has 1 aromatic carbocycles. The summed E-state index contributed by atoms with van der Waals surface area (Å²) in [5.74, 6) is 0. The van der Waals surface area contributed by atoms with Crippen LogP contribution in [0.25, 0.3) is 0 Å². The molecular formula is C13H20Br2MgO. The third kappa shape index (κ3) is 13.1. The topological polar surface area (TPSA) is 9.23 Å². The van der Waals surface area contributed by atoms with Crippen LogP contribution >= 0.6 is 0 Å². The summed E-state index contributed by atoms with van der Waals surface area (Å²) in [6.45, 7) is 3.88. The van der Waals surface area contributed by atoms with E-state index in [0.29, 0.717) is 0 Å². The van der Waals surface area contributed by atoms with E-state index in [4.69, 9.17) is 4.74 Å². The van der Waals surface area contributed by atoms with E-state index in [9.17, 15) is 0 Å². The summed E-state index contributed by atoms with van der Waals surface area (Å²) >= 11 is 0. The molecule has 0 saturated heterocycles. The molecule has 94 valence electrons. The molecule has 0 heterocycles. The molecule has 0 atom stereocenters. The van der Waals surface area contributed by atoms with Crippen LogP contribution in [0.2, 0.25) is 0 Å². The fraction of sp³-hybridized carbons (Fsp3) is 0.538. The Morgan fingerprint density at radius 2 is 1.59 bits per heavy atom. The van der Waals surface area contributed by atoms with E-state index in [1.54, 1.807) is 0 Å². The van der Waals surface area contributed by atoms with Gasteiger partial charge in [0.2, 0.25) is 0 Å². The molecule has 0 radical (unpaired) electrons. The third-order valence-corrected chi connectivity index (χ3v) is 2.25. The molecule has 0 spiro atoms. The van der Waals surface area contributed by atoms with Crippen molar-refractivity contribution in [3.8, 4) is 0 Å². The molecule has 1 nitrogen and oxygen atoms in total. The van der Waals surface area contributed by atoms with Crippen molar-refractivity contribution in [2.45, 2.75) is 39.2 Å². The van der Waals surface area contributed by atoms with E-state index in [2.05, 4.69) is 31.2 Å². The maximum absolute atomic E-state index is 5.57. The molecule has 17 heavy (non-hydrogen) atoms. The Hall–Kier alpha value is 0.906. The number of halogens is 2. The molecule has 0 saturated carbocycles. The van der Waals surface area contributed by atoms with Crippen molar-refractivity contribution in [1.29, 1.82) is 0 Å². The minimum atomic E-state index is 0. The minimum absolute atomic E-state index is 0. The van der Waals surface area contributed by atoms with Gasteiger partial charge in [-0.2, -0.15) is 0 Å². The smallest absolute Gasteiger partial charge is 1.00 e. The molecule has 0 fully saturated rings. The van der Waals surface area contributed by atoms with Crippen LogP contribution in [0.3, 0.4) is 0 Å². The van der Waals surface area contributed by atoms with Crippen LogP contribution in [0.1, 0.15) is 38.2 Å². The Morgan fingerprint density at radius 1 is 0.941 bits per heavy atom. The molecule has 0 unspecified atom stereocenters. The zero-order valence-corrected chi connectivity index (χ0v) is 15.1. The Kier molecular flexibility index (Phi) is 22.9. The normalized spacial score (nSPS) is 8.53. The SMILES string of the molecule is CCCCCCOCc1ccccc1.[Br-].[Br-].[Mg+2]. The first-order chi connectivity index (χ1) is 6.93. The number of ether oxygens (including phenoxy) is 1. The fourth-order valence-corrected chi connectivity index (χ4v) is 1.40. The maximum atomic E-state index is 5.57. The van der Waals surface area contributed by atoms with Gasteiger partial charge in [-0.3, -0.25) is 0 Å². The quantitative estimate of drug-likeness (QED) is 0.375. The summed E-state index contributed by atoms with van der Waals surface area (Å²) in [6.07, 6.45) is 5.11. The first-order valence-corrected chi connectivity index (χ1v) is 5.55. The van der Waals surface area contributed by atoms with E-state index in [1.165, 1.54) is 31.2 Å². The molecule has 0 aliphatic carbocycles. The zero-order chi connectivity index (χ0) is 10.1. The van der Waals surface area contributed by atoms with Gasteiger partial charge in [0.1, 0.15) is 0 Å². The van der Waals surface area contributed by atoms with E-state index in [1.807, 2.05) is 6.07 Å². The summed E-state index contributed by atoms with van der Waals surface area (Å²) in [5.41, 5.74) is 1.27. The van der Waals surface area contributed by atoms with Gasteiger partial charge in [0.25, 0.3) is 0 Å². The Morgan fingerprint density at radius 3 is 2.18 bits per heavy atom. The van der Waals surface area contributed by atoms with Crippen LogP contribution in [-0.4, -0.2) is 29.7 Å².